The topological polar surface area (TPSA) is 78.8 Å². The van der Waals surface area contributed by atoms with Gasteiger partial charge in [-0.2, -0.15) is 0 Å². The number of nitrogens with two attached hydrogens (primary N) is 2. The lowest BCUT2D eigenvalue weighted by molar-refractivity contribution is 0.0487. The van der Waals surface area contributed by atoms with Gasteiger partial charge in [-0.15, -0.1) is 0 Å². The van der Waals surface area contributed by atoms with Crippen molar-refractivity contribution in [2.45, 2.75) is 12.6 Å². The molecule has 0 aliphatic carbocycles. The molecule has 88 valence electrons. The molecule has 1 unspecified atom stereocenters. The molecule has 14 heavy (non-hydrogen) atoms. The number of aliphatic hydroxyl groups excluding tert-OH is 1. The van der Waals surface area contributed by atoms with Crippen molar-refractivity contribution in [2.75, 3.05) is 47.8 Å². The summed E-state index contributed by atoms with van der Waals surface area (Å²) < 4.78 is 0. The highest BCUT2D eigenvalue weighted by atomic mass is 16.3. The van der Waals surface area contributed by atoms with Crippen LogP contribution in [0.25, 0.3) is 0 Å². The summed E-state index contributed by atoms with van der Waals surface area (Å²) in [5.41, 5.74) is 10.3. The number of rotatable bonds is 5. The van der Waals surface area contributed by atoms with Crippen molar-refractivity contribution in [3.63, 3.8) is 0 Å². The Morgan fingerprint density at radius 1 is 1.14 bits per heavy atom. The Morgan fingerprint density at radius 2 is 1.64 bits per heavy atom. The highest BCUT2D eigenvalue weighted by Crippen LogP contribution is 1.79. The number of nitrogens with zero attached hydrogens (tertiary/aromatic N) is 2. The van der Waals surface area contributed by atoms with Crippen molar-refractivity contribution in [2.24, 2.45) is 11.5 Å². The summed E-state index contributed by atoms with van der Waals surface area (Å²) in [5.74, 6) is 0. The quantitative estimate of drug-likeness (QED) is 0.488. The molecule has 5 heteroatoms. The molecule has 0 rings (SSSR count). The monoisotopic (exact) mass is 206 g/mol. The average Bonchev–Trinajstić information content (AvgIpc) is 2.14. The molecular weight excluding hydrogens is 180 g/mol. The summed E-state index contributed by atoms with van der Waals surface area (Å²) in [6, 6.07) is 0. The molecule has 0 spiro atoms. The van der Waals surface area contributed by atoms with Crippen LogP contribution < -0.4 is 11.5 Å². The lowest BCUT2D eigenvalue weighted by Crippen LogP contribution is -2.34. The zero-order valence-electron chi connectivity index (χ0n) is 9.90. The van der Waals surface area contributed by atoms with E-state index in [-0.39, 0.29) is 0 Å². The zero-order valence-corrected chi connectivity index (χ0v) is 9.90. The largest absolute Gasteiger partial charge is 0.377 e. The molecule has 0 bridgehead atoms. The van der Waals surface area contributed by atoms with Gasteiger partial charge < -0.3 is 21.5 Å². The van der Waals surface area contributed by atoms with Crippen molar-refractivity contribution < 1.29 is 5.11 Å². The number of hydrogen-bond donors (Lipinski definition) is 3. The highest BCUT2D eigenvalue weighted by molar-refractivity contribution is 4.48. The molecule has 0 aromatic rings. The first-order valence-electron chi connectivity index (χ1n) is 4.85. The third-order valence-electron chi connectivity index (χ3n) is 1.62. The van der Waals surface area contributed by atoms with Gasteiger partial charge in [-0.25, -0.2) is 0 Å². The SMILES string of the molecule is CN(C)C(O)CN.CN(C)CCCN. The molecule has 0 aromatic carbocycles. The lowest BCUT2D eigenvalue weighted by Gasteiger charge is -2.14. The van der Waals surface area contributed by atoms with E-state index in [4.69, 9.17) is 16.6 Å². The zero-order chi connectivity index (χ0) is 11.6. The van der Waals surface area contributed by atoms with E-state index in [0.29, 0.717) is 6.54 Å². The predicted molar refractivity (Wildman–Crippen MR) is 61.0 cm³/mol. The predicted octanol–water partition coefficient (Wildman–Crippen LogP) is -1.28. The van der Waals surface area contributed by atoms with Crippen LogP contribution in [0.1, 0.15) is 6.42 Å². The molecule has 5 nitrogen and oxygen atoms in total. The van der Waals surface area contributed by atoms with Gasteiger partial charge in [0.25, 0.3) is 0 Å². The molecule has 0 aliphatic rings. The molecule has 0 saturated heterocycles. The van der Waals surface area contributed by atoms with E-state index in [9.17, 15) is 0 Å². The maximum absolute atomic E-state index is 8.74. The van der Waals surface area contributed by atoms with Gasteiger partial charge in [0, 0.05) is 6.54 Å². The molecule has 0 aliphatic heterocycles. The van der Waals surface area contributed by atoms with Gasteiger partial charge in [0.2, 0.25) is 0 Å². The van der Waals surface area contributed by atoms with E-state index in [0.717, 1.165) is 19.5 Å². The first-order chi connectivity index (χ1) is 6.45. The van der Waals surface area contributed by atoms with E-state index < -0.39 is 6.23 Å². The van der Waals surface area contributed by atoms with Gasteiger partial charge in [0.1, 0.15) is 6.23 Å². The van der Waals surface area contributed by atoms with Crippen LogP contribution in [-0.4, -0.2) is 69.0 Å². The Labute approximate surface area is 87.7 Å². The van der Waals surface area contributed by atoms with Gasteiger partial charge in [0.15, 0.2) is 0 Å². The standard InChI is InChI=1S/C5H14N2.C4H12N2O/c1-7(2)5-3-4-6;1-6(2)4(7)3-5/h3-6H2,1-2H3;4,7H,3,5H2,1-2H3. The molecule has 0 saturated carbocycles. The first kappa shape index (κ1) is 16.2. The number of hydrogen-bond acceptors (Lipinski definition) is 5. The van der Waals surface area contributed by atoms with E-state index in [1.54, 1.807) is 19.0 Å². The van der Waals surface area contributed by atoms with Gasteiger partial charge in [0.05, 0.1) is 0 Å². The Morgan fingerprint density at radius 3 is 1.71 bits per heavy atom. The van der Waals surface area contributed by atoms with Gasteiger partial charge >= 0.3 is 0 Å². The Balaban J connectivity index is 0. The van der Waals surface area contributed by atoms with E-state index in [2.05, 4.69) is 19.0 Å². The van der Waals surface area contributed by atoms with Crippen LogP contribution in [0.5, 0.6) is 0 Å². The van der Waals surface area contributed by atoms with E-state index >= 15 is 0 Å². The summed E-state index contributed by atoms with van der Waals surface area (Å²) in [7, 11) is 7.65. The van der Waals surface area contributed by atoms with Gasteiger partial charge in [-0.3, -0.25) is 4.90 Å². The van der Waals surface area contributed by atoms with E-state index in [1.807, 2.05) is 0 Å². The molecule has 5 N–H and O–H groups in total. The fraction of sp³-hybridized carbons (Fsp3) is 1.00. The molecule has 0 amide bonds. The van der Waals surface area contributed by atoms with E-state index in [1.165, 1.54) is 0 Å². The number of likely N-dealkylation sites (N-methyl/N-ethyl adjacent to an activating group) is 1. The maximum atomic E-state index is 8.74. The molecule has 0 heterocycles. The van der Waals surface area contributed by atoms with Crippen LogP contribution in [-0.2, 0) is 0 Å². The Bertz CT molecular complexity index is 109. The van der Waals surface area contributed by atoms with Crippen LogP contribution >= 0.6 is 0 Å². The summed E-state index contributed by atoms with van der Waals surface area (Å²) >= 11 is 0. The first-order valence-corrected chi connectivity index (χ1v) is 4.85. The van der Waals surface area contributed by atoms with Gasteiger partial charge in [-0.1, -0.05) is 0 Å². The average molecular weight is 206 g/mol. The van der Waals surface area contributed by atoms with Gasteiger partial charge in [-0.05, 0) is 47.7 Å². The molecule has 0 aromatic heterocycles. The summed E-state index contributed by atoms with van der Waals surface area (Å²) in [6.07, 6.45) is 0.618. The van der Waals surface area contributed by atoms with Crippen molar-refractivity contribution in [3.05, 3.63) is 0 Å². The molecule has 0 fully saturated rings. The Hall–Kier alpha value is -0.200. The summed E-state index contributed by atoms with van der Waals surface area (Å²) in [5, 5.41) is 8.74. The summed E-state index contributed by atoms with van der Waals surface area (Å²) in [4.78, 5) is 3.78. The Kier molecular flexibility index (Phi) is 12.6. The van der Waals surface area contributed by atoms with Crippen LogP contribution in [0.2, 0.25) is 0 Å². The summed E-state index contributed by atoms with van der Waals surface area (Å²) in [6.45, 7) is 2.21. The van der Waals surface area contributed by atoms with Crippen molar-refractivity contribution in [3.8, 4) is 0 Å². The van der Waals surface area contributed by atoms with Crippen molar-refractivity contribution in [1.82, 2.24) is 9.80 Å². The molecular formula is C9H26N4O. The minimum Gasteiger partial charge on any atom is -0.377 e. The maximum Gasteiger partial charge on any atom is 0.119 e. The van der Waals surface area contributed by atoms with Crippen molar-refractivity contribution in [1.29, 1.82) is 0 Å². The van der Waals surface area contributed by atoms with Crippen LogP contribution in [0, 0.1) is 0 Å². The second-order valence-electron chi connectivity index (χ2n) is 3.63. The van der Waals surface area contributed by atoms with Crippen molar-refractivity contribution >= 4 is 0 Å². The molecule has 1 atom stereocenters. The minimum absolute atomic E-state index is 0.299. The minimum atomic E-state index is -0.486. The normalized spacial score (nSPS) is 12.6. The third kappa shape index (κ3) is 14.3. The second-order valence-corrected chi connectivity index (χ2v) is 3.63. The lowest BCUT2D eigenvalue weighted by atomic mass is 10.4. The second kappa shape index (κ2) is 10.9. The highest BCUT2D eigenvalue weighted by Gasteiger charge is 1.99. The van der Waals surface area contributed by atoms with Crippen LogP contribution in [0.4, 0.5) is 0 Å². The molecule has 0 radical (unpaired) electrons. The number of aliphatic hydroxyl groups is 1. The smallest absolute Gasteiger partial charge is 0.119 e. The fourth-order valence-corrected chi connectivity index (χ4v) is 0.618. The fourth-order valence-electron chi connectivity index (χ4n) is 0.618. The van der Waals surface area contributed by atoms with Crippen LogP contribution in [0.15, 0.2) is 0 Å². The van der Waals surface area contributed by atoms with Crippen LogP contribution in [0.3, 0.4) is 0 Å². The third-order valence-corrected chi connectivity index (χ3v) is 1.62.